The lowest BCUT2D eigenvalue weighted by atomic mass is 10.2. The van der Waals surface area contributed by atoms with Gasteiger partial charge in [-0.1, -0.05) is 11.6 Å². The van der Waals surface area contributed by atoms with Gasteiger partial charge in [0.25, 0.3) is 0 Å². The van der Waals surface area contributed by atoms with Crippen LogP contribution in [-0.4, -0.2) is 22.1 Å². The van der Waals surface area contributed by atoms with E-state index in [0.29, 0.717) is 33.3 Å². The zero-order chi connectivity index (χ0) is 18.8. The summed E-state index contributed by atoms with van der Waals surface area (Å²) in [5, 5.41) is 4.07. The van der Waals surface area contributed by atoms with Crippen molar-refractivity contribution in [2.24, 2.45) is 0 Å². The van der Waals surface area contributed by atoms with Crippen LogP contribution in [0.5, 0.6) is 5.75 Å². The lowest BCUT2D eigenvalue weighted by Crippen LogP contribution is -2.01. The fourth-order valence-corrected chi connectivity index (χ4v) is 2.83. The van der Waals surface area contributed by atoms with Gasteiger partial charge in [-0.05, 0) is 48.5 Å². The van der Waals surface area contributed by atoms with Crippen LogP contribution in [0.15, 0.2) is 60.9 Å². The van der Waals surface area contributed by atoms with Gasteiger partial charge in [-0.2, -0.15) is 0 Å². The molecule has 0 aliphatic heterocycles. The summed E-state index contributed by atoms with van der Waals surface area (Å²) < 4.78 is 19.6. The van der Waals surface area contributed by atoms with Gasteiger partial charge in [0.15, 0.2) is 5.82 Å². The van der Waals surface area contributed by atoms with Crippen LogP contribution in [0.25, 0.3) is 22.3 Å². The highest BCUT2D eigenvalue weighted by Crippen LogP contribution is 2.31. The van der Waals surface area contributed by atoms with E-state index in [4.69, 9.17) is 16.3 Å². The first-order valence-electron chi connectivity index (χ1n) is 8.12. The predicted molar refractivity (Wildman–Crippen MR) is 104 cm³/mol. The standard InChI is InChI=1S/C20H14ClFN4O/c1-27-14-5-7-17-15(10-14)20(25-18-6-4-13(21)9-16(18)22)26-19(24-17)12-3-2-8-23-11-12/h2-11H,1H3,(H,24,25,26). The number of ether oxygens (including phenoxy) is 1. The Morgan fingerprint density at radius 3 is 2.70 bits per heavy atom. The van der Waals surface area contributed by atoms with E-state index in [1.165, 1.54) is 6.07 Å². The smallest absolute Gasteiger partial charge is 0.163 e. The third-order valence-electron chi connectivity index (χ3n) is 4.01. The average Bonchev–Trinajstić information content (AvgIpc) is 2.70. The van der Waals surface area contributed by atoms with Crippen molar-refractivity contribution in [2.45, 2.75) is 0 Å². The van der Waals surface area contributed by atoms with Crippen molar-refractivity contribution in [1.82, 2.24) is 15.0 Å². The number of halogens is 2. The predicted octanol–water partition coefficient (Wildman–Crippen LogP) is 5.24. The first kappa shape index (κ1) is 17.2. The van der Waals surface area contributed by atoms with Gasteiger partial charge < -0.3 is 10.1 Å². The molecule has 4 aromatic rings. The molecule has 0 amide bonds. The molecule has 4 rings (SSSR count). The fourth-order valence-electron chi connectivity index (χ4n) is 2.67. The normalized spacial score (nSPS) is 10.8. The lowest BCUT2D eigenvalue weighted by molar-refractivity contribution is 0.415. The monoisotopic (exact) mass is 380 g/mol. The van der Waals surface area contributed by atoms with Crippen LogP contribution in [0.3, 0.4) is 0 Å². The Kier molecular flexibility index (Phi) is 4.56. The molecule has 1 N–H and O–H groups in total. The van der Waals surface area contributed by atoms with Crippen LogP contribution in [0.1, 0.15) is 0 Å². The number of aromatic nitrogens is 3. The Labute approximate surface area is 159 Å². The molecule has 0 unspecified atom stereocenters. The molecule has 2 aromatic heterocycles. The second kappa shape index (κ2) is 7.17. The van der Waals surface area contributed by atoms with Crippen molar-refractivity contribution in [3.8, 4) is 17.1 Å². The van der Waals surface area contributed by atoms with Gasteiger partial charge in [-0.25, -0.2) is 14.4 Å². The molecular formula is C20H14ClFN4O. The topological polar surface area (TPSA) is 59.9 Å². The SMILES string of the molecule is COc1ccc2nc(-c3cccnc3)nc(Nc3ccc(Cl)cc3F)c2c1. The number of rotatable bonds is 4. The number of anilines is 2. The molecule has 0 saturated heterocycles. The quantitative estimate of drug-likeness (QED) is 0.525. The maximum absolute atomic E-state index is 14.3. The minimum atomic E-state index is -0.472. The number of benzene rings is 2. The summed E-state index contributed by atoms with van der Waals surface area (Å²) >= 11 is 5.84. The molecule has 0 radical (unpaired) electrons. The second-order valence-corrected chi connectivity index (χ2v) is 6.21. The molecule has 0 aliphatic rings. The number of methoxy groups -OCH3 is 1. The van der Waals surface area contributed by atoms with Crippen molar-refractivity contribution in [1.29, 1.82) is 0 Å². The maximum atomic E-state index is 14.3. The lowest BCUT2D eigenvalue weighted by Gasteiger charge is -2.12. The molecule has 27 heavy (non-hydrogen) atoms. The summed E-state index contributed by atoms with van der Waals surface area (Å²) in [5.74, 6) is 1.12. The van der Waals surface area contributed by atoms with Crippen LogP contribution < -0.4 is 10.1 Å². The molecule has 0 aliphatic carbocycles. The molecule has 5 nitrogen and oxygen atoms in total. The highest BCUT2D eigenvalue weighted by atomic mass is 35.5. The Balaban J connectivity index is 1.89. The van der Waals surface area contributed by atoms with Crippen LogP contribution in [0, 0.1) is 5.82 Å². The van der Waals surface area contributed by atoms with Gasteiger partial charge >= 0.3 is 0 Å². The molecule has 134 valence electrons. The van der Waals surface area contributed by atoms with E-state index >= 15 is 0 Å². The van der Waals surface area contributed by atoms with Gasteiger partial charge in [-0.15, -0.1) is 0 Å². The van der Waals surface area contributed by atoms with Crippen LogP contribution >= 0.6 is 11.6 Å². The Morgan fingerprint density at radius 2 is 1.96 bits per heavy atom. The molecule has 0 bridgehead atoms. The molecule has 0 fully saturated rings. The van der Waals surface area contributed by atoms with Gasteiger partial charge in [0, 0.05) is 28.4 Å². The Hall–Kier alpha value is -3.25. The number of nitrogens with zero attached hydrogens (tertiary/aromatic N) is 3. The average molecular weight is 381 g/mol. The van der Waals surface area contributed by atoms with Crippen molar-refractivity contribution >= 4 is 34.0 Å². The van der Waals surface area contributed by atoms with E-state index in [1.807, 2.05) is 24.3 Å². The van der Waals surface area contributed by atoms with Gasteiger partial charge in [0.05, 0.1) is 18.3 Å². The molecular weight excluding hydrogens is 367 g/mol. The summed E-state index contributed by atoms with van der Waals surface area (Å²) in [5.41, 5.74) is 1.72. The highest BCUT2D eigenvalue weighted by Gasteiger charge is 2.13. The van der Waals surface area contributed by atoms with E-state index < -0.39 is 5.82 Å². The van der Waals surface area contributed by atoms with E-state index in [0.717, 1.165) is 5.56 Å². The molecule has 7 heteroatoms. The van der Waals surface area contributed by atoms with Crippen LogP contribution in [-0.2, 0) is 0 Å². The number of fused-ring (bicyclic) bond motifs is 1. The number of hydrogen-bond donors (Lipinski definition) is 1. The van der Waals surface area contributed by atoms with Gasteiger partial charge in [-0.3, -0.25) is 4.98 Å². The van der Waals surface area contributed by atoms with Crippen molar-refractivity contribution in [3.05, 3.63) is 71.8 Å². The molecule has 2 heterocycles. The van der Waals surface area contributed by atoms with Gasteiger partial charge in [0.1, 0.15) is 17.4 Å². The zero-order valence-electron chi connectivity index (χ0n) is 14.3. The first-order valence-corrected chi connectivity index (χ1v) is 8.50. The molecule has 0 spiro atoms. The van der Waals surface area contributed by atoms with Crippen LogP contribution in [0.2, 0.25) is 5.02 Å². The number of hydrogen-bond acceptors (Lipinski definition) is 5. The number of pyridine rings is 1. The zero-order valence-corrected chi connectivity index (χ0v) is 15.0. The maximum Gasteiger partial charge on any atom is 0.163 e. The number of nitrogens with one attached hydrogen (secondary N) is 1. The molecule has 0 saturated carbocycles. The fraction of sp³-hybridized carbons (Fsp3) is 0.0500. The van der Waals surface area contributed by atoms with Crippen molar-refractivity contribution < 1.29 is 9.13 Å². The van der Waals surface area contributed by atoms with Crippen LogP contribution in [0.4, 0.5) is 15.9 Å². The van der Waals surface area contributed by atoms with E-state index in [2.05, 4.69) is 20.3 Å². The summed E-state index contributed by atoms with van der Waals surface area (Å²) in [7, 11) is 1.58. The second-order valence-electron chi connectivity index (χ2n) is 5.77. The summed E-state index contributed by atoms with van der Waals surface area (Å²) in [6.45, 7) is 0. The minimum Gasteiger partial charge on any atom is -0.497 e. The summed E-state index contributed by atoms with van der Waals surface area (Å²) in [4.78, 5) is 13.3. The van der Waals surface area contributed by atoms with E-state index in [-0.39, 0.29) is 5.69 Å². The van der Waals surface area contributed by atoms with Crippen molar-refractivity contribution in [3.63, 3.8) is 0 Å². The third-order valence-corrected chi connectivity index (χ3v) is 4.24. The molecule has 0 atom stereocenters. The van der Waals surface area contributed by atoms with E-state index in [1.54, 1.807) is 37.7 Å². The Bertz CT molecular complexity index is 1120. The minimum absolute atomic E-state index is 0.263. The summed E-state index contributed by atoms with van der Waals surface area (Å²) in [6, 6.07) is 13.5. The third kappa shape index (κ3) is 3.52. The largest absolute Gasteiger partial charge is 0.497 e. The first-order chi connectivity index (χ1) is 13.1. The summed E-state index contributed by atoms with van der Waals surface area (Å²) in [6.07, 6.45) is 3.36. The highest BCUT2D eigenvalue weighted by molar-refractivity contribution is 6.30. The Morgan fingerprint density at radius 1 is 1.07 bits per heavy atom. The molecule has 2 aromatic carbocycles. The van der Waals surface area contributed by atoms with E-state index in [9.17, 15) is 4.39 Å². The van der Waals surface area contributed by atoms with Gasteiger partial charge in [0.2, 0.25) is 0 Å². The van der Waals surface area contributed by atoms with Crippen molar-refractivity contribution in [2.75, 3.05) is 12.4 Å².